The van der Waals surface area contributed by atoms with Gasteiger partial charge in [0.15, 0.2) is 0 Å². The maximum absolute atomic E-state index is 10.7. The second kappa shape index (κ2) is 6.54. The molecule has 0 radical (unpaired) electrons. The molecule has 3 aromatic rings. The molecular formula is C17H15ClN4O. The first kappa shape index (κ1) is 15.1. The average Bonchev–Trinajstić information content (AvgIpc) is 2.88. The standard InChI is InChI=1S/C17H15ClN4O/c18-14-7-5-12(6-8-14)10-22-11-13(9-20-21-17(19)23)15-3-1-2-4-16(15)22/h1-9,11H,10H2,(H3,19,21,23)/b20-9-. The summed E-state index contributed by atoms with van der Waals surface area (Å²) in [7, 11) is 0. The van der Waals surface area contributed by atoms with Crippen molar-refractivity contribution in [3.63, 3.8) is 0 Å². The first-order valence-corrected chi connectivity index (χ1v) is 7.42. The third kappa shape index (κ3) is 3.52. The zero-order valence-electron chi connectivity index (χ0n) is 12.2. The van der Waals surface area contributed by atoms with Crippen LogP contribution >= 0.6 is 11.6 Å². The van der Waals surface area contributed by atoms with Crippen molar-refractivity contribution in [2.75, 3.05) is 0 Å². The van der Waals surface area contributed by atoms with Crippen LogP contribution in [0.2, 0.25) is 5.02 Å². The van der Waals surface area contributed by atoms with Gasteiger partial charge in [-0.15, -0.1) is 0 Å². The molecule has 23 heavy (non-hydrogen) atoms. The summed E-state index contributed by atoms with van der Waals surface area (Å²) < 4.78 is 2.13. The van der Waals surface area contributed by atoms with E-state index in [0.717, 1.165) is 33.6 Å². The van der Waals surface area contributed by atoms with Crippen LogP contribution in [0.4, 0.5) is 4.79 Å². The van der Waals surface area contributed by atoms with E-state index in [1.54, 1.807) is 6.21 Å². The zero-order chi connectivity index (χ0) is 16.2. The van der Waals surface area contributed by atoms with Crippen molar-refractivity contribution in [2.24, 2.45) is 10.8 Å². The minimum absolute atomic E-state index is 0.689. The summed E-state index contributed by atoms with van der Waals surface area (Å²) in [6.07, 6.45) is 3.58. The van der Waals surface area contributed by atoms with Crippen LogP contribution in [0.1, 0.15) is 11.1 Å². The molecule has 0 saturated carbocycles. The first-order valence-electron chi connectivity index (χ1n) is 7.04. The fourth-order valence-electron chi connectivity index (χ4n) is 2.46. The number of nitrogens with zero attached hydrogens (tertiary/aromatic N) is 2. The number of halogens is 1. The lowest BCUT2D eigenvalue weighted by molar-refractivity contribution is 0.249. The van der Waals surface area contributed by atoms with E-state index in [4.69, 9.17) is 17.3 Å². The van der Waals surface area contributed by atoms with E-state index < -0.39 is 6.03 Å². The molecule has 0 aliphatic heterocycles. The summed E-state index contributed by atoms with van der Waals surface area (Å²) in [5.74, 6) is 0. The molecule has 116 valence electrons. The summed E-state index contributed by atoms with van der Waals surface area (Å²) in [6, 6.07) is 15.1. The fraction of sp³-hybridized carbons (Fsp3) is 0.0588. The quantitative estimate of drug-likeness (QED) is 0.560. The number of hydrazone groups is 1. The molecule has 0 aliphatic rings. The van der Waals surface area contributed by atoms with Crippen LogP contribution in [0.5, 0.6) is 0 Å². The monoisotopic (exact) mass is 326 g/mol. The van der Waals surface area contributed by atoms with E-state index in [9.17, 15) is 4.79 Å². The largest absolute Gasteiger partial charge is 0.350 e. The van der Waals surface area contributed by atoms with Crippen LogP contribution in [0.3, 0.4) is 0 Å². The van der Waals surface area contributed by atoms with Gasteiger partial charge in [0.05, 0.1) is 6.21 Å². The number of carbonyl (C=O) groups is 1. The number of urea groups is 1. The van der Waals surface area contributed by atoms with Crippen LogP contribution in [-0.4, -0.2) is 16.8 Å². The number of carbonyl (C=O) groups excluding carboxylic acids is 1. The highest BCUT2D eigenvalue weighted by atomic mass is 35.5. The molecule has 0 fully saturated rings. The van der Waals surface area contributed by atoms with Crippen molar-refractivity contribution in [1.82, 2.24) is 9.99 Å². The maximum atomic E-state index is 10.7. The molecule has 3 rings (SSSR count). The molecule has 1 heterocycles. The molecule has 0 spiro atoms. The average molecular weight is 327 g/mol. The number of primary amides is 1. The van der Waals surface area contributed by atoms with E-state index in [-0.39, 0.29) is 0 Å². The van der Waals surface area contributed by atoms with Crippen molar-refractivity contribution in [3.8, 4) is 0 Å². The first-order chi connectivity index (χ1) is 11.1. The summed E-state index contributed by atoms with van der Waals surface area (Å²) in [4.78, 5) is 10.7. The van der Waals surface area contributed by atoms with Gasteiger partial charge < -0.3 is 10.3 Å². The highest BCUT2D eigenvalue weighted by Gasteiger charge is 2.07. The molecule has 2 amide bonds. The zero-order valence-corrected chi connectivity index (χ0v) is 13.0. The Labute approximate surface area is 138 Å². The van der Waals surface area contributed by atoms with Gasteiger partial charge in [0.2, 0.25) is 0 Å². The van der Waals surface area contributed by atoms with Crippen LogP contribution < -0.4 is 11.2 Å². The lowest BCUT2D eigenvalue weighted by Gasteiger charge is -2.05. The smallest absolute Gasteiger partial charge is 0.332 e. The molecule has 0 unspecified atom stereocenters. The number of hydrogen-bond acceptors (Lipinski definition) is 2. The van der Waals surface area contributed by atoms with E-state index >= 15 is 0 Å². The Morgan fingerprint density at radius 1 is 1.22 bits per heavy atom. The predicted octanol–water partition coefficient (Wildman–Crippen LogP) is 3.35. The summed E-state index contributed by atoms with van der Waals surface area (Å²) in [5.41, 5.74) is 10.4. The Balaban J connectivity index is 1.95. The number of rotatable bonds is 4. The van der Waals surface area contributed by atoms with Crippen LogP contribution in [0.15, 0.2) is 59.8 Å². The Morgan fingerprint density at radius 3 is 2.70 bits per heavy atom. The number of nitrogens with one attached hydrogen (secondary N) is 1. The molecule has 3 N–H and O–H groups in total. The maximum Gasteiger partial charge on any atom is 0.332 e. The van der Waals surface area contributed by atoms with Gasteiger partial charge in [0.1, 0.15) is 0 Å². The highest BCUT2D eigenvalue weighted by molar-refractivity contribution is 6.30. The normalized spacial score (nSPS) is 11.2. The molecule has 5 nitrogen and oxygen atoms in total. The molecule has 0 saturated heterocycles. The van der Waals surface area contributed by atoms with Gasteiger partial charge in [-0.25, -0.2) is 10.2 Å². The summed E-state index contributed by atoms with van der Waals surface area (Å²) in [5, 5.41) is 5.61. The Hall–Kier alpha value is -2.79. The van der Waals surface area contributed by atoms with Gasteiger partial charge in [-0.2, -0.15) is 5.10 Å². The minimum atomic E-state index is -0.689. The molecule has 0 aliphatic carbocycles. The lowest BCUT2D eigenvalue weighted by Crippen LogP contribution is -2.24. The van der Waals surface area contributed by atoms with Gasteiger partial charge in [-0.05, 0) is 23.8 Å². The molecular weight excluding hydrogens is 312 g/mol. The lowest BCUT2D eigenvalue weighted by atomic mass is 10.2. The van der Waals surface area contributed by atoms with Gasteiger partial charge in [0.25, 0.3) is 0 Å². The van der Waals surface area contributed by atoms with E-state index in [1.165, 1.54) is 0 Å². The number of nitrogens with two attached hydrogens (primary N) is 1. The van der Waals surface area contributed by atoms with Gasteiger partial charge >= 0.3 is 6.03 Å². The Bertz CT molecular complexity index is 868. The van der Waals surface area contributed by atoms with E-state index in [2.05, 4.69) is 15.1 Å². The molecule has 0 atom stereocenters. The number of fused-ring (bicyclic) bond motifs is 1. The van der Waals surface area contributed by atoms with Crippen molar-refractivity contribution in [1.29, 1.82) is 0 Å². The number of benzene rings is 2. The van der Waals surface area contributed by atoms with E-state index in [0.29, 0.717) is 0 Å². The van der Waals surface area contributed by atoms with Crippen LogP contribution in [0, 0.1) is 0 Å². The van der Waals surface area contributed by atoms with Crippen molar-refractivity contribution < 1.29 is 4.79 Å². The second-order valence-corrected chi connectivity index (χ2v) is 5.53. The van der Waals surface area contributed by atoms with Gasteiger partial charge in [-0.1, -0.05) is 41.9 Å². The number of hydrogen-bond donors (Lipinski definition) is 2. The van der Waals surface area contributed by atoms with Gasteiger partial charge in [-0.3, -0.25) is 0 Å². The summed E-state index contributed by atoms with van der Waals surface area (Å²) in [6.45, 7) is 0.717. The predicted molar refractivity (Wildman–Crippen MR) is 92.8 cm³/mol. The third-order valence-corrected chi connectivity index (χ3v) is 3.72. The fourth-order valence-corrected chi connectivity index (χ4v) is 2.59. The molecule has 0 bridgehead atoms. The van der Waals surface area contributed by atoms with Crippen molar-refractivity contribution in [3.05, 3.63) is 70.9 Å². The summed E-state index contributed by atoms with van der Waals surface area (Å²) >= 11 is 5.93. The molecule has 1 aromatic heterocycles. The Morgan fingerprint density at radius 2 is 1.96 bits per heavy atom. The molecule has 6 heteroatoms. The minimum Gasteiger partial charge on any atom is -0.350 e. The number of para-hydroxylation sites is 1. The number of amides is 2. The second-order valence-electron chi connectivity index (χ2n) is 5.09. The topological polar surface area (TPSA) is 72.4 Å². The number of aromatic nitrogens is 1. The highest BCUT2D eigenvalue weighted by Crippen LogP contribution is 2.21. The third-order valence-electron chi connectivity index (χ3n) is 3.46. The SMILES string of the molecule is NC(=O)N/N=C\c1cn(Cc2ccc(Cl)cc2)c2ccccc12. The van der Waals surface area contributed by atoms with Crippen molar-refractivity contribution in [2.45, 2.75) is 6.54 Å². The van der Waals surface area contributed by atoms with Crippen LogP contribution in [-0.2, 0) is 6.54 Å². The van der Waals surface area contributed by atoms with Gasteiger partial charge in [0, 0.05) is 34.2 Å². The van der Waals surface area contributed by atoms with Crippen molar-refractivity contribution >= 4 is 34.7 Å². The molecule has 2 aromatic carbocycles. The van der Waals surface area contributed by atoms with Crippen LogP contribution in [0.25, 0.3) is 10.9 Å². The Kier molecular flexibility index (Phi) is 4.30. The van der Waals surface area contributed by atoms with E-state index in [1.807, 2.05) is 54.7 Å².